The van der Waals surface area contributed by atoms with Crippen LogP contribution in [0.3, 0.4) is 0 Å². The number of ether oxygens (including phenoxy) is 1. The molecule has 0 aromatic heterocycles. The standard InChI is InChI=1S/C10H17NO3/c1-9(2,3)7(12)6-10(4,5)14-8(13)11-6/h6H,1-5H3,(H,11,13)/t6-/m1/s1. The lowest BCUT2D eigenvalue weighted by Crippen LogP contribution is -2.49. The Hall–Kier alpha value is -1.06. The molecule has 0 aliphatic carbocycles. The third-order valence-corrected chi connectivity index (χ3v) is 2.31. The molecule has 80 valence electrons. The van der Waals surface area contributed by atoms with Gasteiger partial charge in [0.25, 0.3) is 0 Å². The second-order valence-electron chi connectivity index (χ2n) is 5.18. The molecule has 1 aliphatic heterocycles. The highest BCUT2D eigenvalue weighted by atomic mass is 16.6. The summed E-state index contributed by atoms with van der Waals surface area (Å²) in [6.07, 6.45) is -0.516. The van der Waals surface area contributed by atoms with E-state index >= 15 is 0 Å². The molecule has 14 heavy (non-hydrogen) atoms. The van der Waals surface area contributed by atoms with Crippen LogP contribution >= 0.6 is 0 Å². The number of hydrogen-bond acceptors (Lipinski definition) is 3. The lowest BCUT2D eigenvalue weighted by Gasteiger charge is -2.28. The van der Waals surface area contributed by atoms with Crippen LogP contribution in [-0.4, -0.2) is 23.5 Å². The SMILES string of the molecule is CC(C)(C)C(=O)[C@H]1NC(=O)OC1(C)C. The summed E-state index contributed by atoms with van der Waals surface area (Å²) in [7, 11) is 0. The van der Waals surface area contributed by atoms with Gasteiger partial charge in [0.2, 0.25) is 0 Å². The first kappa shape index (κ1) is 11.0. The van der Waals surface area contributed by atoms with Gasteiger partial charge in [-0.1, -0.05) is 20.8 Å². The highest BCUT2D eigenvalue weighted by Gasteiger charge is 2.48. The molecule has 1 aliphatic rings. The number of hydrogen-bond donors (Lipinski definition) is 1. The summed E-state index contributed by atoms with van der Waals surface area (Å²) in [6, 6.07) is -0.546. The minimum Gasteiger partial charge on any atom is -0.441 e. The fraction of sp³-hybridized carbons (Fsp3) is 0.800. The van der Waals surface area contributed by atoms with E-state index in [9.17, 15) is 9.59 Å². The molecular weight excluding hydrogens is 182 g/mol. The van der Waals surface area contributed by atoms with Gasteiger partial charge in [-0.15, -0.1) is 0 Å². The number of Topliss-reactive ketones (excluding diaryl/α,β-unsaturated/α-hetero) is 1. The molecule has 4 heteroatoms. The first-order valence-corrected chi connectivity index (χ1v) is 4.68. The monoisotopic (exact) mass is 199 g/mol. The largest absolute Gasteiger partial charge is 0.441 e. The number of carbonyl (C=O) groups is 2. The number of ketones is 1. The summed E-state index contributed by atoms with van der Waals surface area (Å²) in [4.78, 5) is 22.9. The Balaban J connectivity index is 2.89. The van der Waals surface area contributed by atoms with Gasteiger partial charge in [-0.3, -0.25) is 4.79 Å². The van der Waals surface area contributed by atoms with Crippen LogP contribution in [0.15, 0.2) is 0 Å². The lowest BCUT2D eigenvalue weighted by atomic mass is 9.81. The second-order valence-corrected chi connectivity index (χ2v) is 5.18. The second kappa shape index (κ2) is 2.97. The lowest BCUT2D eigenvalue weighted by molar-refractivity contribution is -0.131. The fourth-order valence-corrected chi connectivity index (χ4v) is 1.43. The molecule has 0 unspecified atom stereocenters. The Morgan fingerprint density at radius 2 is 1.93 bits per heavy atom. The van der Waals surface area contributed by atoms with Crippen LogP contribution in [-0.2, 0) is 9.53 Å². The third-order valence-electron chi connectivity index (χ3n) is 2.31. The van der Waals surface area contributed by atoms with Crippen molar-refractivity contribution in [2.75, 3.05) is 0 Å². The zero-order chi connectivity index (χ0) is 11.1. The number of amides is 1. The van der Waals surface area contributed by atoms with Crippen molar-refractivity contribution in [3.05, 3.63) is 0 Å². The van der Waals surface area contributed by atoms with Crippen molar-refractivity contribution in [1.29, 1.82) is 0 Å². The zero-order valence-corrected chi connectivity index (χ0v) is 9.30. The van der Waals surface area contributed by atoms with E-state index in [4.69, 9.17) is 4.74 Å². The van der Waals surface area contributed by atoms with Crippen molar-refractivity contribution < 1.29 is 14.3 Å². The van der Waals surface area contributed by atoms with Crippen LogP contribution in [0.4, 0.5) is 4.79 Å². The number of cyclic esters (lactones) is 1. The van der Waals surface area contributed by atoms with Crippen molar-refractivity contribution in [3.8, 4) is 0 Å². The average molecular weight is 199 g/mol. The first-order chi connectivity index (χ1) is 6.14. The Bertz CT molecular complexity index is 276. The number of nitrogens with one attached hydrogen (secondary N) is 1. The Morgan fingerprint density at radius 1 is 1.43 bits per heavy atom. The molecular formula is C10H17NO3. The molecule has 1 fully saturated rings. The van der Waals surface area contributed by atoms with E-state index in [-0.39, 0.29) is 5.78 Å². The molecule has 1 atom stereocenters. The van der Waals surface area contributed by atoms with Crippen molar-refractivity contribution in [2.45, 2.75) is 46.3 Å². The van der Waals surface area contributed by atoms with Crippen molar-refractivity contribution in [3.63, 3.8) is 0 Å². The van der Waals surface area contributed by atoms with Crippen LogP contribution < -0.4 is 5.32 Å². The molecule has 1 heterocycles. The van der Waals surface area contributed by atoms with Crippen LogP contribution in [0.1, 0.15) is 34.6 Å². The van der Waals surface area contributed by atoms with E-state index in [0.29, 0.717) is 0 Å². The van der Waals surface area contributed by atoms with Gasteiger partial charge in [0.1, 0.15) is 11.6 Å². The smallest absolute Gasteiger partial charge is 0.408 e. The minimum absolute atomic E-state index is 0.00616. The maximum atomic E-state index is 11.9. The summed E-state index contributed by atoms with van der Waals surface area (Å²) in [5.74, 6) is -0.00616. The van der Waals surface area contributed by atoms with E-state index in [1.165, 1.54) is 0 Å². The molecule has 1 rings (SSSR count). The van der Waals surface area contributed by atoms with Gasteiger partial charge >= 0.3 is 6.09 Å². The molecule has 0 spiro atoms. The van der Waals surface area contributed by atoms with Gasteiger partial charge in [-0.05, 0) is 13.8 Å². The van der Waals surface area contributed by atoms with E-state index < -0.39 is 23.2 Å². The van der Waals surface area contributed by atoms with Crippen molar-refractivity contribution >= 4 is 11.9 Å². The molecule has 1 N–H and O–H groups in total. The summed E-state index contributed by atoms with van der Waals surface area (Å²) >= 11 is 0. The summed E-state index contributed by atoms with van der Waals surface area (Å²) in [6.45, 7) is 8.96. The molecule has 1 saturated heterocycles. The van der Waals surface area contributed by atoms with E-state index in [1.807, 2.05) is 20.8 Å². The topological polar surface area (TPSA) is 55.4 Å². The molecule has 0 bridgehead atoms. The number of rotatable bonds is 1. The normalized spacial score (nSPS) is 25.5. The predicted molar refractivity (Wildman–Crippen MR) is 51.9 cm³/mol. The van der Waals surface area contributed by atoms with Gasteiger partial charge in [-0.25, -0.2) is 4.79 Å². The molecule has 0 saturated carbocycles. The average Bonchev–Trinajstić information content (AvgIpc) is 2.20. The summed E-state index contributed by atoms with van der Waals surface area (Å²) in [5.41, 5.74) is -1.22. The maximum absolute atomic E-state index is 11.9. The number of alkyl carbamates (subject to hydrolysis) is 1. The van der Waals surface area contributed by atoms with E-state index in [2.05, 4.69) is 5.32 Å². The quantitative estimate of drug-likeness (QED) is 0.696. The van der Waals surface area contributed by atoms with Crippen LogP contribution in [0.25, 0.3) is 0 Å². The van der Waals surface area contributed by atoms with E-state index in [1.54, 1.807) is 13.8 Å². The Kier molecular flexibility index (Phi) is 2.34. The highest BCUT2D eigenvalue weighted by molar-refractivity contribution is 5.94. The predicted octanol–water partition coefficient (Wildman–Crippen LogP) is 1.49. The highest BCUT2D eigenvalue weighted by Crippen LogP contribution is 2.28. The summed E-state index contributed by atoms with van der Waals surface area (Å²) in [5, 5.41) is 2.54. The van der Waals surface area contributed by atoms with Crippen LogP contribution in [0, 0.1) is 5.41 Å². The van der Waals surface area contributed by atoms with Crippen molar-refractivity contribution in [1.82, 2.24) is 5.32 Å². The van der Waals surface area contributed by atoms with Crippen LogP contribution in [0.5, 0.6) is 0 Å². The Morgan fingerprint density at radius 3 is 2.21 bits per heavy atom. The molecule has 4 nitrogen and oxygen atoms in total. The maximum Gasteiger partial charge on any atom is 0.408 e. The van der Waals surface area contributed by atoms with Gasteiger partial charge < -0.3 is 10.1 Å². The molecule has 0 aromatic rings. The zero-order valence-electron chi connectivity index (χ0n) is 9.30. The Labute approximate surface area is 84.0 Å². The molecule has 1 amide bonds. The van der Waals surface area contributed by atoms with Gasteiger partial charge in [-0.2, -0.15) is 0 Å². The van der Waals surface area contributed by atoms with Gasteiger partial charge in [0, 0.05) is 5.41 Å². The number of carbonyl (C=O) groups excluding carboxylic acids is 2. The molecule has 0 radical (unpaired) electrons. The van der Waals surface area contributed by atoms with Crippen molar-refractivity contribution in [2.24, 2.45) is 5.41 Å². The van der Waals surface area contributed by atoms with Gasteiger partial charge in [0.15, 0.2) is 5.78 Å². The third kappa shape index (κ3) is 1.89. The summed E-state index contributed by atoms with van der Waals surface area (Å²) < 4.78 is 5.01. The molecule has 0 aromatic carbocycles. The van der Waals surface area contributed by atoms with Crippen LogP contribution in [0.2, 0.25) is 0 Å². The van der Waals surface area contributed by atoms with Gasteiger partial charge in [0.05, 0.1) is 0 Å². The van der Waals surface area contributed by atoms with E-state index in [0.717, 1.165) is 0 Å². The fourth-order valence-electron chi connectivity index (χ4n) is 1.43. The minimum atomic E-state index is -0.749. The first-order valence-electron chi connectivity index (χ1n) is 4.68.